The van der Waals surface area contributed by atoms with Crippen LogP contribution < -0.4 is 0 Å². The van der Waals surface area contributed by atoms with Crippen LogP contribution in [0.5, 0.6) is 0 Å². The molecule has 3 nitrogen and oxygen atoms in total. The Morgan fingerprint density at radius 2 is 1.82 bits per heavy atom. The van der Waals surface area contributed by atoms with Crippen LogP contribution in [-0.2, 0) is 16.3 Å². The average molecular weight is 320 g/mol. The van der Waals surface area contributed by atoms with Gasteiger partial charge in [0.1, 0.15) is 0 Å². The van der Waals surface area contributed by atoms with E-state index in [2.05, 4.69) is 20.8 Å². The van der Waals surface area contributed by atoms with Gasteiger partial charge >= 0.3 is 0 Å². The van der Waals surface area contributed by atoms with E-state index in [-0.39, 0.29) is 5.75 Å². The Hall–Kier alpha value is -0.390. The van der Waals surface area contributed by atoms with Gasteiger partial charge in [0.15, 0.2) is 9.84 Å². The molecule has 96 valence electrons. The van der Waals surface area contributed by atoms with Crippen LogP contribution in [0.25, 0.3) is 0 Å². The van der Waals surface area contributed by atoms with Gasteiger partial charge in [0.25, 0.3) is 0 Å². The molecule has 0 aliphatic carbocycles. The summed E-state index contributed by atoms with van der Waals surface area (Å²) < 4.78 is 23.2. The molecule has 0 atom stereocenters. The third kappa shape index (κ3) is 4.41. The number of hydrogen-bond donors (Lipinski definition) is 0. The number of likely N-dealkylation sites (N-methyl/N-ethyl adjacent to an activating group) is 1. The molecule has 1 aromatic rings. The van der Waals surface area contributed by atoms with Crippen LogP contribution in [0.15, 0.2) is 29.2 Å². The fourth-order valence-electron chi connectivity index (χ4n) is 1.41. The third-order valence-corrected chi connectivity index (χ3v) is 5.26. The van der Waals surface area contributed by atoms with Gasteiger partial charge in [0.2, 0.25) is 0 Å². The van der Waals surface area contributed by atoms with Crippen molar-refractivity contribution in [3.8, 4) is 0 Å². The highest BCUT2D eigenvalue weighted by atomic mass is 79.9. The lowest BCUT2D eigenvalue weighted by Crippen LogP contribution is -2.18. The van der Waals surface area contributed by atoms with Gasteiger partial charge in [-0.3, -0.25) is 4.90 Å². The second-order valence-corrected chi connectivity index (χ2v) is 6.78. The van der Waals surface area contributed by atoms with Crippen molar-refractivity contribution in [3.63, 3.8) is 0 Å². The van der Waals surface area contributed by atoms with Crippen LogP contribution in [0, 0.1) is 0 Å². The highest BCUT2D eigenvalue weighted by molar-refractivity contribution is 9.09. The summed E-state index contributed by atoms with van der Waals surface area (Å²) >= 11 is 3.38. The van der Waals surface area contributed by atoms with E-state index in [0.717, 1.165) is 24.0 Å². The van der Waals surface area contributed by atoms with Crippen molar-refractivity contribution >= 4 is 25.8 Å². The van der Waals surface area contributed by atoms with E-state index in [0.29, 0.717) is 4.90 Å². The van der Waals surface area contributed by atoms with Gasteiger partial charge in [-0.15, -0.1) is 0 Å². The Bertz CT molecular complexity index is 442. The Balaban J connectivity index is 2.69. The maximum Gasteiger partial charge on any atom is 0.178 e. The molecule has 0 saturated heterocycles. The lowest BCUT2D eigenvalue weighted by molar-refractivity contribution is 0.401. The van der Waals surface area contributed by atoms with Crippen molar-refractivity contribution < 1.29 is 8.42 Å². The smallest absolute Gasteiger partial charge is 0.178 e. The van der Waals surface area contributed by atoms with E-state index < -0.39 is 9.84 Å². The molecule has 0 radical (unpaired) electrons. The first-order valence-electron chi connectivity index (χ1n) is 5.56. The topological polar surface area (TPSA) is 37.4 Å². The Morgan fingerprint density at radius 3 is 2.29 bits per heavy atom. The minimum absolute atomic E-state index is 0.151. The second kappa shape index (κ2) is 6.52. The minimum Gasteiger partial charge on any atom is -0.296 e. The summed E-state index contributed by atoms with van der Waals surface area (Å²) in [6.07, 6.45) is 0.925. The van der Waals surface area contributed by atoms with E-state index in [1.807, 2.05) is 19.2 Å². The molecular weight excluding hydrogens is 302 g/mol. The SMILES string of the molecule is CCS(=O)(=O)c1ccc(CCN(C)CBr)cc1. The summed E-state index contributed by atoms with van der Waals surface area (Å²) in [6, 6.07) is 7.18. The standard InChI is InChI=1S/C12H18BrNO2S/c1-3-17(15,16)12-6-4-11(5-7-12)8-9-14(2)10-13/h4-7H,3,8-10H2,1-2H3. The number of sulfone groups is 1. The third-order valence-electron chi connectivity index (χ3n) is 2.65. The van der Waals surface area contributed by atoms with Gasteiger partial charge in [0.05, 0.1) is 16.1 Å². The van der Waals surface area contributed by atoms with E-state index >= 15 is 0 Å². The quantitative estimate of drug-likeness (QED) is 0.596. The van der Waals surface area contributed by atoms with Crippen LogP contribution in [0.2, 0.25) is 0 Å². The largest absolute Gasteiger partial charge is 0.296 e. The number of nitrogens with zero attached hydrogens (tertiary/aromatic N) is 1. The van der Waals surface area contributed by atoms with Gasteiger partial charge in [-0.05, 0) is 31.2 Å². The summed E-state index contributed by atoms with van der Waals surface area (Å²) in [4.78, 5) is 2.56. The number of rotatable bonds is 6. The van der Waals surface area contributed by atoms with E-state index in [4.69, 9.17) is 0 Å². The molecule has 0 unspecified atom stereocenters. The lowest BCUT2D eigenvalue weighted by atomic mass is 10.1. The molecule has 0 spiro atoms. The molecule has 0 N–H and O–H groups in total. The van der Waals surface area contributed by atoms with Crippen molar-refractivity contribution in [2.75, 3.05) is 24.8 Å². The molecule has 1 aromatic carbocycles. The summed E-state index contributed by atoms with van der Waals surface area (Å²) in [5.41, 5.74) is 2.00. The van der Waals surface area contributed by atoms with Gasteiger partial charge in [-0.2, -0.15) is 0 Å². The van der Waals surface area contributed by atoms with E-state index in [1.165, 1.54) is 0 Å². The van der Waals surface area contributed by atoms with Crippen molar-refractivity contribution in [2.45, 2.75) is 18.2 Å². The molecule has 1 rings (SSSR count). The van der Waals surface area contributed by atoms with Crippen molar-refractivity contribution in [2.24, 2.45) is 0 Å². The Morgan fingerprint density at radius 1 is 1.24 bits per heavy atom. The Kier molecular flexibility index (Phi) is 5.62. The number of hydrogen-bond acceptors (Lipinski definition) is 3. The van der Waals surface area contributed by atoms with Crippen LogP contribution >= 0.6 is 15.9 Å². The van der Waals surface area contributed by atoms with Crippen molar-refractivity contribution in [3.05, 3.63) is 29.8 Å². The predicted octanol–water partition coefficient (Wildman–Crippen LogP) is 2.31. The van der Waals surface area contributed by atoms with Crippen LogP contribution in [0.4, 0.5) is 0 Å². The lowest BCUT2D eigenvalue weighted by Gasteiger charge is -2.12. The maximum absolute atomic E-state index is 11.6. The van der Waals surface area contributed by atoms with Crippen LogP contribution in [0.3, 0.4) is 0 Å². The molecule has 0 fully saturated rings. The summed E-state index contributed by atoms with van der Waals surface area (Å²) in [6.45, 7) is 2.61. The van der Waals surface area contributed by atoms with Gasteiger partial charge < -0.3 is 0 Å². The summed E-state index contributed by atoms with van der Waals surface area (Å²) in [5, 5.41) is 0. The first-order chi connectivity index (χ1) is 7.99. The molecule has 0 saturated carbocycles. The second-order valence-electron chi connectivity index (χ2n) is 4.00. The van der Waals surface area contributed by atoms with Crippen molar-refractivity contribution in [1.82, 2.24) is 4.90 Å². The van der Waals surface area contributed by atoms with Crippen LogP contribution in [0.1, 0.15) is 12.5 Å². The molecule has 0 aliphatic rings. The zero-order valence-electron chi connectivity index (χ0n) is 10.2. The molecule has 5 heteroatoms. The number of halogens is 1. The zero-order valence-corrected chi connectivity index (χ0v) is 12.6. The van der Waals surface area contributed by atoms with E-state index in [9.17, 15) is 8.42 Å². The van der Waals surface area contributed by atoms with Gasteiger partial charge in [0, 0.05) is 6.54 Å². The van der Waals surface area contributed by atoms with Gasteiger partial charge in [-0.25, -0.2) is 8.42 Å². The fraction of sp³-hybridized carbons (Fsp3) is 0.500. The molecule has 0 bridgehead atoms. The molecule has 0 aliphatic heterocycles. The molecular formula is C12H18BrNO2S. The first-order valence-corrected chi connectivity index (χ1v) is 8.33. The first kappa shape index (κ1) is 14.7. The molecule has 0 aromatic heterocycles. The van der Waals surface area contributed by atoms with Gasteiger partial charge in [-0.1, -0.05) is 35.0 Å². The minimum atomic E-state index is -3.07. The van der Waals surface area contributed by atoms with Crippen molar-refractivity contribution in [1.29, 1.82) is 0 Å². The molecule has 17 heavy (non-hydrogen) atoms. The number of benzene rings is 1. The predicted molar refractivity (Wildman–Crippen MR) is 74.3 cm³/mol. The fourth-order valence-corrected chi connectivity index (χ4v) is 2.54. The highest BCUT2D eigenvalue weighted by Gasteiger charge is 2.10. The average Bonchev–Trinajstić information content (AvgIpc) is 2.36. The monoisotopic (exact) mass is 319 g/mol. The Labute approximate surface area is 112 Å². The van der Waals surface area contributed by atoms with Crippen LogP contribution in [-0.4, -0.2) is 38.1 Å². The number of alkyl halides is 1. The summed E-state index contributed by atoms with van der Waals surface area (Å²) in [7, 11) is -1.04. The summed E-state index contributed by atoms with van der Waals surface area (Å²) in [5.74, 6) is 0.151. The zero-order chi connectivity index (χ0) is 12.9. The molecule has 0 amide bonds. The molecule has 0 heterocycles. The maximum atomic E-state index is 11.6. The van der Waals surface area contributed by atoms with E-state index in [1.54, 1.807) is 19.1 Å². The highest BCUT2D eigenvalue weighted by Crippen LogP contribution is 2.12. The normalized spacial score (nSPS) is 12.0.